The molecule has 1 rings (SSSR count). The van der Waals surface area contributed by atoms with Crippen molar-refractivity contribution in [3.05, 3.63) is 0 Å². The summed E-state index contributed by atoms with van der Waals surface area (Å²) in [5.41, 5.74) is -5.68. The van der Waals surface area contributed by atoms with Crippen LogP contribution in [0.1, 0.15) is 19.8 Å². The van der Waals surface area contributed by atoms with Gasteiger partial charge in [0.05, 0.1) is 0 Å². The number of piperidine rings is 1. The summed E-state index contributed by atoms with van der Waals surface area (Å²) >= 11 is 0. The molecule has 1 fully saturated rings. The Hall–Kier alpha value is -0.340. The average molecular weight is 260 g/mol. The van der Waals surface area contributed by atoms with E-state index in [4.69, 9.17) is 0 Å². The van der Waals surface area contributed by atoms with Crippen molar-refractivity contribution in [2.45, 2.75) is 25.3 Å². The van der Waals surface area contributed by atoms with E-state index in [1.54, 1.807) is 11.6 Å². The number of halogens is 3. The van der Waals surface area contributed by atoms with E-state index in [1.807, 2.05) is 0 Å². The van der Waals surface area contributed by atoms with Crippen molar-refractivity contribution >= 4 is 10.0 Å². The van der Waals surface area contributed by atoms with Crippen LogP contribution in [-0.4, -0.2) is 33.6 Å². The predicted octanol–water partition coefficient (Wildman–Crippen LogP) is 0.815. The normalized spacial score (nSPS) is 28.0. The van der Waals surface area contributed by atoms with E-state index in [1.165, 1.54) is 0 Å². The second-order valence-corrected chi connectivity index (χ2v) is 6.12. The lowest BCUT2D eigenvalue weighted by Crippen LogP contribution is -2.48. The highest BCUT2D eigenvalue weighted by atomic mass is 32.2. The predicted molar refractivity (Wildman–Crippen MR) is 53.2 cm³/mol. The molecule has 1 atom stereocenters. The fourth-order valence-corrected chi connectivity index (χ4v) is 2.32. The van der Waals surface area contributed by atoms with Crippen LogP contribution in [0.3, 0.4) is 0 Å². The lowest BCUT2D eigenvalue weighted by Gasteiger charge is -2.34. The summed E-state index contributed by atoms with van der Waals surface area (Å²) in [4.78, 5) is 0. The highest BCUT2D eigenvalue weighted by Gasteiger charge is 2.46. The number of hydrogen-bond donors (Lipinski definition) is 2. The van der Waals surface area contributed by atoms with Crippen LogP contribution < -0.4 is 10.0 Å². The molecular formula is C8H15F3N2O2S. The average Bonchev–Trinajstić information content (AvgIpc) is 2.15. The molecule has 16 heavy (non-hydrogen) atoms. The van der Waals surface area contributed by atoms with Gasteiger partial charge in [-0.3, -0.25) is 0 Å². The standard InChI is InChI=1S/C8H15F3N2O2S/c1-7(3-2-4-12-5-7)6-13-16(14,15)8(9,10)11/h12-13H,2-6H2,1H3. The summed E-state index contributed by atoms with van der Waals surface area (Å²) in [7, 11) is -5.21. The van der Waals surface area contributed by atoms with E-state index in [-0.39, 0.29) is 6.54 Å². The summed E-state index contributed by atoms with van der Waals surface area (Å²) in [6.45, 7) is 2.91. The molecule has 1 heterocycles. The first-order valence-electron chi connectivity index (χ1n) is 4.93. The number of rotatable bonds is 3. The SMILES string of the molecule is CC1(CNS(=O)(=O)C(F)(F)F)CCCNC1. The Morgan fingerprint density at radius 3 is 2.50 bits per heavy atom. The van der Waals surface area contributed by atoms with Gasteiger partial charge in [0.15, 0.2) is 0 Å². The van der Waals surface area contributed by atoms with E-state index in [2.05, 4.69) is 5.32 Å². The zero-order chi connectivity index (χ0) is 12.4. The number of nitrogens with one attached hydrogen (secondary N) is 2. The first-order valence-corrected chi connectivity index (χ1v) is 6.41. The molecule has 0 radical (unpaired) electrons. The highest BCUT2D eigenvalue weighted by Crippen LogP contribution is 2.27. The minimum Gasteiger partial charge on any atom is -0.316 e. The Bertz CT molecular complexity index is 334. The lowest BCUT2D eigenvalue weighted by atomic mass is 9.83. The topological polar surface area (TPSA) is 58.2 Å². The maximum atomic E-state index is 12.0. The van der Waals surface area contributed by atoms with Gasteiger partial charge >= 0.3 is 15.5 Å². The minimum atomic E-state index is -5.23. The molecule has 0 spiro atoms. The van der Waals surface area contributed by atoms with Gasteiger partial charge in [-0.1, -0.05) is 6.92 Å². The van der Waals surface area contributed by atoms with Crippen LogP contribution in [-0.2, 0) is 10.0 Å². The molecule has 1 aliphatic heterocycles. The molecule has 96 valence electrons. The summed E-state index contributed by atoms with van der Waals surface area (Å²) in [6.07, 6.45) is 1.55. The van der Waals surface area contributed by atoms with E-state index in [9.17, 15) is 21.6 Å². The third-order valence-electron chi connectivity index (χ3n) is 2.68. The van der Waals surface area contributed by atoms with Gasteiger partial charge in [0.2, 0.25) is 0 Å². The van der Waals surface area contributed by atoms with Crippen LogP contribution in [0.4, 0.5) is 13.2 Å². The Morgan fingerprint density at radius 1 is 1.44 bits per heavy atom. The van der Waals surface area contributed by atoms with Gasteiger partial charge in [0.25, 0.3) is 0 Å². The van der Waals surface area contributed by atoms with Gasteiger partial charge in [-0.25, -0.2) is 13.1 Å². The Labute approximate surface area is 92.6 Å². The maximum absolute atomic E-state index is 12.0. The van der Waals surface area contributed by atoms with Crippen molar-refractivity contribution < 1.29 is 21.6 Å². The molecule has 8 heteroatoms. The van der Waals surface area contributed by atoms with E-state index < -0.39 is 20.9 Å². The fourth-order valence-electron chi connectivity index (χ4n) is 1.62. The summed E-state index contributed by atoms with van der Waals surface area (Å²) in [5.74, 6) is 0. The molecule has 0 aliphatic carbocycles. The first kappa shape index (κ1) is 13.7. The largest absolute Gasteiger partial charge is 0.511 e. The van der Waals surface area contributed by atoms with Crippen LogP contribution in [0.5, 0.6) is 0 Å². The zero-order valence-electron chi connectivity index (χ0n) is 8.89. The molecule has 0 amide bonds. The van der Waals surface area contributed by atoms with E-state index >= 15 is 0 Å². The van der Waals surface area contributed by atoms with Gasteiger partial charge in [-0.15, -0.1) is 0 Å². The van der Waals surface area contributed by atoms with Crippen LogP contribution >= 0.6 is 0 Å². The van der Waals surface area contributed by atoms with Gasteiger partial charge < -0.3 is 5.32 Å². The molecule has 1 saturated heterocycles. The quantitative estimate of drug-likeness (QED) is 0.789. The van der Waals surface area contributed by atoms with Crippen molar-refractivity contribution in [2.24, 2.45) is 5.41 Å². The van der Waals surface area contributed by atoms with Gasteiger partial charge in [-0.2, -0.15) is 13.2 Å². The fraction of sp³-hybridized carbons (Fsp3) is 1.00. The Kier molecular flexibility index (Phi) is 3.86. The second-order valence-electron chi connectivity index (χ2n) is 4.36. The maximum Gasteiger partial charge on any atom is 0.511 e. The van der Waals surface area contributed by atoms with Crippen molar-refractivity contribution in [3.8, 4) is 0 Å². The monoisotopic (exact) mass is 260 g/mol. The van der Waals surface area contributed by atoms with Crippen LogP contribution in [0.15, 0.2) is 0 Å². The number of hydrogen-bond acceptors (Lipinski definition) is 3. The third kappa shape index (κ3) is 3.33. The second kappa shape index (κ2) is 4.50. The van der Waals surface area contributed by atoms with Crippen LogP contribution in [0.25, 0.3) is 0 Å². The highest BCUT2D eigenvalue weighted by molar-refractivity contribution is 7.90. The smallest absolute Gasteiger partial charge is 0.316 e. The van der Waals surface area contributed by atoms with Gasteiger partial charge in [0.1, 0.15) is 0 Å². The zero-order valence-corrected chi connectivity index (χ0v) is 9.71. The van der Waals surface area contributed by atoms with E-state index in [0.717, 1.165) is 13.0 Å². The third-order valence-corrected chi connectivity index (χ3v) is 3.81. The summed E-state index contributed by atoms with van der Waals surface area (Å²) in [6, 6.07) is 0. The Morgan fingerprint density at radius 2 is 2.06 bits per heavy atom. The van der Waals surface area contributed by atoms with Crippen molar-refractivity contribution in [1.82, 2.24) is 10.0 Å². The number of alkyl halides is 3. The van der Waals surface area contributed by atoms with Gasteiger partial charge in [0, 0.05) is 13.1 Å². The molecule has 0 saturated carbocycles. The van der Waals surface area contributed by atoms with E-state index in [0.29, 0.717) is 13.0 Å². The summed E-state index contributed by atoms with van der Waals surface area (Å²) < 4.78 is 59.3. The molecule has 0 aromatic carbocycles. The van der Waals surface area contributed by atoms with Crippen LogP contribution in [0.2, 0.25) is 0 Å². The molecule has 4 nitrogen and oxygen atoms in total. The number of sulfonamides is 1. The van der Waals surface area contributed by atoms with Crippen molar-refractivity contribution in [2.75, 3.05) is 19.6 Å². The van der Waals surface area contributed by atoms with Crippen molar-refractivity contribution in [3.63, 3.8) is 0 Å². The minimum absolute atomic E-state index is 0.193. The molecule has 1 unspecified atom stereocenters. The van der Waals surface area contributed by atoms with Crippen molar-refractivity contribution in [1.29, 1.82) is 0 Å². The molecule has 0 aromatic rings. The lowest BCUT2D eigenvalue weighted by molar-refractivity contribution is -0.0450. The first-order chi connectivity index (χ1) is 7.16. The molecular weight excluding hydrogens is 245 g/mol. The Balaban J connectivity index is 2.57. The summed E-state index contributed by atoms with van der Waals surface area (Å²) in [5, 5.41) is 3.03. The molecule has 1 aliphatic rings. The van der Waals surface area contributed by atoms with Crippen LogP contribution in [0, 0.1) is 5.41 Å². The van der Waals surface area contributed by atoms with Gasteiger partial charge in [-0.05, 0) is 24.8 Å². The molecule has 0 bridgehead atoms. The molecule has 0 aromatic heterocycles. The molecule has 2 N–H and O–H groups in total.